The molecule has 41 heavy (non-hydrogen) atoms. The molecule has 0 bridgehead atoms. The number of methoxy groups -OCH3 is 2. The lowest BCUT2D eigenvalue weighted by molar-refractivity contribution is -0.192. The number of carbonyl (C=O) groups is 2. The summed E-state index contributed by atoms with van der Waals surface area (Å²) < 4.78 is 43.9. The Bertz CT molecular complexity index is 1420. The number of hydrogen-bond acceptors (Lipinski definition) is 7. The fourth-order valence-corrected chi connectivity index (χ4v) is 6.67. The van der Waals surface area contributed by atoms with Gasteiger partial charge in [0.25, 0.3) is 0 Å². The van der Waals surface area contributed by atoms with Crippen LogP contribution in [0.15, 0.2) is 36.4 Å². The molecule has 3 N–H and O–H groups in total. The van der Waals surface area contributed by atoms with E-state index in [-0.39, 0.29) is 17.5 Å². The molecular formula is C28H33F3N4O5S. The van der Waals surface area contributed by atoms with Gasteiger partial charge in [-0.3, -0.25) is 0 Å². The number of alkyl halides is 3. The first-order chi connectivity index (χ1) is 19.4. The SMILES string of the molecule is COc1ccc(C23CCC(NC(=O)Nc4ccc5sc(C)nc5c4)CC2N(C)CC3)cc1OC.O=C(O)C(F)(F)F. The molecule has 5 rings (SSSR count). The number of nitrogens with zero attached hydrogens (tertiary/aromatic N) is 2. The zero-order valence-corrected chi connectivity index (χ0v) is 24.0. The summed E-state index contributed by atoms with van der Waals surface area (Å²) in [7, 11) is 5.55. The van der Waals surface area contributed by atoms with Crippen molar-refractivity contribution in [3.8, 4) is 11.5 Å². The Kier molecular flexibility index (Phi) is 8.97. The maximum atomic E-state index is 12.8. The summed E-state index contributed by atoms with van der Waals surface area (Å²) in [6, 6.07) is 12.6. The molecule has 9 nitrogen and oxygen atoms in total. The molecule has 2 aliphatic rings. The predicted molar refractivity (Wildman–Crippen MR) is 150 cm³/mol. The van der Waals surface area contributed by atoms with Crippen molar-refractivity contribution in [2.24, 2.45) is 0 Å². The molecule has 0 radical (unpaired) electrons. The van der Waals surface area contributed by atoms with Gasteiger partial charge in [0.05, 0.1) is 29.4 Å². The first kappa shape index (κ1) is 30.4. The van der Waals surface area contributed by atoms with Crippen molar-refractivity contribution in [3.05, 3.63) is 47.0 Å². The van der Waals surface area contributed by atoms with Crippen LogP contribution >= 0.6 is 11.3 Å². The third-order valence-corrected chi connectivity index (χ3v) is 8.77. The number of ether oxygens (including phenoxy) is 2. The summed E-state index contributed by atoms with van der Waals surface area (Å²) in [5.41, 5.74) is 3.06. The number of benzene rings is 2. The maximum absolute atomic E-state index is 12.8. The van der Waals surface area contributed by atoms with Crippen molar-refractivity contribution in [2.75, 3.05) is 33.1 Å². The number of aryl methyl sites for hydroxylation is 1. The molecule has 1 saturated heterocycles. The highest BCUT2D eigenvalue weighted by Crippen LogP contribution is 2.49. The number of likely N-dealkylation sites (tertiary alicyclic amines) is 1. The number of amides is 2. The lowest BCUT2D eigenvalue weighted by Gasteiger charge is -2.45. The van der Waals surface area contributed by atoms with E-state index in [1.165, 1.54) is 5.56 Å². The Morgan fingerprint density at radius 1 is 1.12 bits per heavy atom. The fraction of sp³-hybridized carbons (Fsp3) is 0.464. The number of halogens is 3. The molecule has 1 aliphatic heterocycles. The second kappa shape index (κ2) is 12.1. The molecule has 3 atom stereocenters. The third kappa shape index (κ3) is 6.67. The minimum atomic E-state index is -5.08. The van der Waals surface area contributed by atoms with Gasteiger partial charge >= 0.3 is 18.2 Å². The predicted octanol–water partition coefficient (Wildman–Crippen LogP) is 5.57. The van der Waals surface area contributed by atoms with Crippen molar-refractivity contribution < 1.29 is 37.3 Å². The van der Waals surface area contributed by atoms with Crippen LogP contribution in [0, 0.1) is 6.92 Å². The smallest absolute Gasteiger partial charge is 0.490 e. The van der Waals surface area contributed by atoms with Crippen LogP contribution < -0.4 is 20.1 Å². The molecule has 0 spiro atoms. The lowest BCUT2D eigenvalue weighted by atomic mass is 9.65. The van der Waals surface area contributed by atoms with Gasteiger partial charge in [-0.2, -0.15) is 13.2 Å². The normalized spacial score (nSPS) is 22.3. The number of carboxylic acids is 1. The van der Waals surface area contributed by atoms with E-state index in [2.05, 4.69) is 39.7 Å². The highest BCUT2D eigenvalue weighted by Gasteiger charge is 2.50. The second-order valence-electron chi connectivity index (χ2n) is 10.3. The highest BCUT2D eigenvalue weighted by molar-refractivity contribution is 7.18. The topological polar surface area (TPSA) is 113 Å². The van der Waals surface area contributed by atoms with Crippen LogP contribution in [0.4, 0.5) is 23.7 Å². The zero-order chi connectivity index (χ0) is 29.9. The van der Waals surface area contributed by atoms with Crippen molar-refractivity contribution in [3.63, 3.8) is 0 Å². The largest absolute Gasteiger partial charge is 0.493 e. The molecule has 3 unspecified atom stereocenters. The Morgan fingerprint density at radius 3 is 2.49 bits per heavy atom. The van der Waals surface area contributed by atoms with Gasteiger partial charge in [-0.05, 0) is 82.1 Å². The number of hydrogen-bond donors (Lipinski definition) is 3. The number of anilines is 1. The monoisotopic (exact) mass is 594 g/mol. The van der Waals surface area contributed by atoms with Crippen LogP contribution in [0.25, 0.3) is 10.2 Å². The number of urea groups is 1. The number of fused-ring (bicyclic) bond motifs is 2. The second-order valence-corrected chi connectivity index (χ2v) is 11.5. The Hall–Kier alpha value is -3.58. The van der Waals surface area contributed by atoms with E-state index in [4.69, 9.17) is 19.4 Å². The summed E-state index contributed by atoms with van der Waals surface area (Å²) in [5, 5.41) is 14.4. The quantitative estimate of drug-likeness (QED) is 0.354. The van der Waals surface area contributed by atoms with Crippen LogP contribution in [0.1, 0.15) is 36.3 Å². The molecule has 1 aromatic heterocycles. The van der Waals surface area contributed by atoms with E-state index >= 15 is 0 Å². The van der Waals surface area contributed by atoms with Gasteiger partial charge in [-0.1, -0.05) is 6.07 Å². The van der Waals surface area contributed by atoms with E-state index in [1.54, 1.807) is 25.6 Å². The van der Waals surface area contributed by atoms with E-state index in [9.17, 15) is 18.0 Å². The zero-order valence-electron chi connectivity index (χ0n) is 23.2. The first-order valence-electron chi connectivity index (χ1n) is 13.0. The minimum absolute atomic E-state index is 0.0659. The lowest BCUT2D eigenvalue weighted by Crippen LogP contribution is -2.52. The first-order valence-corrected chi connectivity index (χ1v) is 13.9. The molecule has 2 amide bonds. The fourth-order valence-electron chi connectivity index (χ4n) is 5.87. The van der Waals surface area contributed by atoms with Crippen LogP contribution in [0.2, 0.25) is 0 Å². The number of aliphatic carboxylic acids is 1. The summed E-state index contributed by atoms with van der Waals surface area (Å²) in [5.74, 6) is -1.23. The van der Waals surface area contributed by atoms with Gasteiger partial charge in [0, 0.05) is 23.2 Å². The number of carbonyl (C=O) groups excluding carboxylic acids is 1. The molecule has 2 heterocycles. The molecule has 2 aromatic carbocycles. The van der Waals surface area contributed by atoms with E-state index in [0.29, 0.717) is 6.04 Å². The molecule has 1 saturated carbocycles. The number of nitrogens with one attached hydrogen (secondary N) is 2. The van der Waals surface area contributed by atoms with E-state index in [1.807, 2.05) is 31.2 Å². The summed E-state index contributed by atoms with van der Waals surface area (Å²) in [6.07, 6.45) is -1.10. The summed E-state index contributed by atoms with van der Waals surface area (Å²) >= 11 is 1.66. The third-order valence-electron chi connectivity index (χ3n) is 7.82. The molecule has 2 fully saturated rings. The van der Waals surface area contributed by atoms with Crippen LogP contribution in [-0.4, -0.2) is 73.1 Å². The van der Waals surface area contributed by atoms with Crippen LogP contribution in [-0.2, 0) is 10.2 Å². The maximum Gasteiger partial charge on any atom is 0.490 e. The van der Waals surface area contributed by atoms with Crippen molar-refractivity contribution in [2.45, 2.75) is 56.3 Å². The van der Waals surface area contributed by atoms with E-state index < -0.39 is 12.1 Å². The molecular weight excluding hydrogens is 561 g/mol. The Balaban J connectivity index is 0.000000493. The average Bonchev–Trinajstić information content (AvgIpc) is 3.46. The van der Waals surface area contributed by atoms with Crippen LogP contribution in [0.5, 0.6) is 11.5 Å². The van der Waals surface area contributed by atoms with Gasteiger partial charge in [0.2, 0.25) is 0 Å². The number of thiazole rings is 1. The standard InChI is InChI=1S/C26H32N4O3S.C2HF3O2/c1-16-27-20-14-18(6-8-23(20)34-16)28-25(31)29-19-9-10-26(11-12-30(2)24(26)15-19)17-5-7-21(32-3)22(13-17)33-4;3-2(4,5)1(6)7/h5-8,13-14,19,24H,9-12,15H2,1-4H3,(H2,28,29,31);(H,6,7). The summed E-state index contributed by atoms with van der Waals surface area (Å²) in [6.45, 7) is 3.04. The van der Waals surface area contributed by atoms with Crippen molar-refractivity contribution >= 4 is 39.2 Å². The minimum Gasteiger partial charge on any atom is -0.493 e. The van der Waals surface area contributed by atoms with Crippen LogP contribution in [0.3, 0.4) is 0 Å². The molecule has 13 heteroatoms. The molecule has 3 aromatic rings. The number of aromatic nitrogens is 1. The van der Waals surface area contributed by atoms with Gasteiger partial charge in [0.15, 0.2) is 11.5 Å². The number of carboxylic acid groups (broad SMARTS) is 1. The van der Waals surface area contributed by atoms with Crippen molar-refractivity contribution in [1.82, 2.24) is 15.2 Å². The van der Waals surface area contributed by atoms with Crippen molar-refractivity contribution in [1.29, 1.82) is 0 Å². The molecule has 222 valence electrons. The highest BCUT2D eigenvalue weighted by atomic mass is 32.1. The number of rotatable bonds is 5. The van der Waals surface area contributed by atoms with Gasteiger partial charge in [0.1, 0.15) is 0 Å². The Morgan fingerprint density at radius 2 is 1.83 bits per heavy atom. The molecule has 1 aliphatic carbocycles. The number of likely N-dealkylation sites (N-methyl/N-ethyl adjacent to an activating group) is 1. The Labute approximate surface area is 239 Å². The van der Waals surface area contributed by atoms with Gasteiger partial charge < -0.3 is 30.1 Å². The summed E-state index contributed by atoms with van der Waals surface area (Å²) in [4.78, 5) is 28.7. The van der Waals surface area contributed by atoms with Gasteiger partial charge in [-0.15, -0.1) is 11.3 Å². The van der Waals surface area contributed by atoms with Gasteiger partial charge in [-0.25, -0.2) is 14.6 Å². The average molecular weight is 595 g/mol. The van der Waals surface area contributed by atoms with E-state index in [0.717, 1.165) is 64.6 Å².